The number of anilines is 1. The minimum Gasteiger partial charge on any atom is -0.337 e. The Bertz CT molecular complexity index is 1120. The Labute approximate surface area is 184 Å². The highest BCUT2D eigenvalue weighted by atomic mass is 32.2. The van der Waals surface area contributed by atoms with E-state index < -0.39 is 0 Å². The fourth-order valence-electron chi connectivity index (χ4n) is 3.31. The van der Waals surface area contributed by atoms with E-state index in [2.05, 4.69) is 42.4 Å². The predicted molar refractivity (Wildman–Crippen MR) is 125 cm³/mol. The van der Waals surface area contributed by atoms with Gasteiger partial charge in [0.05, 0.1) is 23.0 Å². The van der Waals surface area contributed by atoms with Crippen LogP contribution < -0.4 is 4.90 Å². The summed E-state index contributed by atoms with van der Waals surface area (Å²) in [6.07, 6.45) is 8.78. The number of thiazole rings is 1. The largest absolute Gasteiger partial charge is 0.337 e. The van der Waals surface area contributed by atoms with Crippen molar-refractivity contribution in [3.8, 4) is 0 Å². The molecule has 2 aromatic carbocycles. The minimum absolute atomic E-state index is 0.0771. The van der Waals surface area contributed by atoms with E-state index in [9.17, 15) is 4.79 Å². The van der Waals surface area contributed by atoms with Crippen molar-refractivity contribution in [2.45, 2.75) is 31.2 Å². The van der Waals surface area contributed by atoms with Crippen LogP contribution in [0.15, 0.2) is 66.1 Å². The van der Waals surface area contributed by atoms with Gasteiger partial charge in [0.2, 0.25) is 5.91 Å². The molecule has 0 radical (unpaired) electrons. The third kappa shape index (κ3) is 4.91. The van der Waals surface area contributed by atoms with Gasteiger partial charge < -0.3 is 4.57 Å². The van der Waals surface area contributed by atoms with Gasteiger partial charge in [-0.15, -0.1) is 11.8 Å². The topological polar surface area (TPSA) is 51.0 Å². The molecular weight excluding hydrogens is 412 g/mol. The number of hydrogen-bond donors (Lipinski definition) is 0. The summed E-state index contributed by atoms with van der Waals surface area (Å²) in [6.45, 7) is 3.51. The molecular formula is C23H24N4OS2. The van der Waals surface area contributed by atoms with E-state index >= 15 is 0 Å². The third-order valence-electron chi connectivity index (χ3n) is 4.94. The molecule has 1 amide bonds. The zero-order valence-electron chi connectivity index (χ0n) is 17.1. The van der Waals surface area contributed by atoms with Gasteiger partial charge in [-0.2, -0.15) is 0 Å². The molecule has 0 unspecified atom stereocenters. The van der Waals surface area contributed by atoms with E-state index in [4.69, 9.17) is 4.98 Å². The molecule has 0 aliphatic heterocycles. The number of imidazole rings is 1. The maximum absolute atomic E-state index is 13.3. The maximum atomic E-state index is 13.3. The van der Waals surface area contributed by atoms with Gasteiger partial charge in [-0.25, -0.2) is 9.97 Å². The first kappa shape index (κ1) is 20.6. The van der Waals surface area contributed by atoms with Crippen molar-refractivity contribution >= 4 is 44.4 Å². The molecule has 0 bridgehead atoms. The summed E-state index contributed by atoms with van der Waals surface area (Å²) in [5.41, 5.74) is 3.16. The maximum Gasteiger partial charge on any atom is 0.233 e. The molecule has 7 heteroatoms. The fourth-order valence-corrected chi connectivity index (χ4v) is 4.82. The van der Waals surface area contributed by atoms with Gasteiger partial charge in [0.15, 0.2) is 5.13 Å². The number of fused-ring (bicyclic) bond motifs is 1. The molecule has 0 aliphatic carbocycles. The van der Waals surface area contributed by atoms with Crippen LogP contribution in [0.1, 0.15) is 17.5 Å². The van der Waals surface area contributed by atoms with E-state index in [-0.39, 0.29) is 5.91 Å². The van der Waals surface area contributed by atoms with Gasteiger partial charge in [0, 0.05) is 30.4 Å². The Hall–Kier alpha value is -2.64. The summed E-state index contributed by atoms with van der Waals surface area (Å²) in [7, 11) is 0. The highest BCUT2D eigenvalue weighted by Crippen LogP contribution is 2.30. The quantitative estimate of drug-likeness (QED) is 0.357. The molecule has 0 saturated heterocycles. The van der Waals surface area contributed by atoms with Crippen molar-refractivity contribution < 1.29 is 4.79 Å². The van der Waals surface area contributed by atoms with Crippen molar-refractivity contribution in [1.82, 2.24) is 14.5 Å². The van der Waals surface area contributed by atoms with Crippen LogP contribution in [-0.2, 0) is 17.8 Å². The summed E-state index contributed by atoms with van der Waals surface area (Å²) < 4.78 is 3.15. The van der Waals surface area contributed by atoms with Crippen molar-refractivity contribution in [1.29, 1.82) is 0 Å². The first-order valence-electron chi connectivity index (χ1n) is 9.88. The molecule has 0 saturated carbocycles. The Kier molecular flexibility index (Phi) is 6.50. The Morgan fingerprint density at radius 1 is 1.20 bits per heavy atom. The number of nitrogens with zero attached hydrogens (tertiary/aromatic N) is 4. The zero-order chi connectivity index (χ0) is 20.9. The van der Waals surface area contributed by atoms with Crippen LogP contribution in [0.2, 0.25) is 0 Å². The van der Waals surface area contributed by atoms with Crippen LogP contribution in [-0.4, -0.2) is 33.2 Å². The van der Waals surface area contributed by atoms with Gasteiger partial charge in [-0.3, -0.25) is 9.69 Å². The average Bonchev–Trinajstić information content (AvgIpc) is 3.41. The zero-order valence-corrected chi connectivity index (χ0v) is 18.7. The number of thioether (sulfide) groups is 1. The molecule has 4 rings (SSSR count). The molecule has 0 aliphatic rings. The molecule has 0 N–H and O–H groups in total. The fraction of sp³-hybridized carbons (Fsp3) is 0.261. The van der Waals surface area contributed by atoms with Crippen molar-refractivity contribution in [3.63, 3.8) is 0 Å². The molecule has 2 aromatic heterocycles. The van der Waals surface area contributed by atoms with Gasteiger partial charge in [0.1, 0.15) is 0 Å². The lowest BCUT2D eigenvalue weighted by atomic mass is 10.1. The number of carbonyl (C=O) groups excluding carboxylic acids is 1. The van der Waals surface area contributed by atoms with Crippen LogP contribution >= 0.6 is 23.1 Å². The summed E-state index contributed by atoms with van der Waals surface area (Å²) in [5, 5.41) is 0.770. The normalized spacial score (nSPS) is 11.1. The second-order valence-electron chi connectivity index (χ2n) is 7.19. The smallest absolute Gasteiger partial charge is 0.233 e. The van der Waals surface area contributed by atoms with Crippen LogP contribution in [0.4, 0.5) is 5.13 Å². The number of aromatic nitrogens is 3. The number of rotatable bonds is 8. The Morgan fingerprint density at radius 3 is 2.77 bits per heavy atom. The number of carbonyl (C=O) groups is 1. The average molecular weight is 437 g/mol. The van der Waals surface area contributed by atoms with Gasteiger partial charge in [-0.1, -0.05) is 29.5 Å². The van der Waals surface area contributed by atoms with E-state index in [0.717, 1.165) is 33.9 Å². The SMILES string of the molecule is CSc1ccc(CC(=O)N(CCCn2ccnc2)c2nc3ccc(C)cc3s2)cc1. The van der Waals surface area contributed by atoms with E-state index in [1.54, 1.807) is 35.6 Å². The number of aryl methyl sites for hydroxylation is 2. The van der Waals surface area contributed by atoms with E-state index in [1.807, 2.05) is 33.9 Å². The lowest BCUT2D eigenvalue weighted by molar-refractivity contribution is -0.118. The van der Waals surface area contributed by atoms with Crippen molar-refractivity contribution in [2.75, 3.05) is 17.7 Å². The summed E-state index contributed by atoms with van der Waals surface area (Å²) in [4.78, 5) is 25.2. The summed E-state index contributed by atoms with van der Waals surface area (Å²) >= 11 is 3.29. The molecule has 2 heterocycles. The van der Waals surface area contributed by atoms with Crippen molar-refractivity contribution in [2.24, 2.45) is 0 Å². The van der Waals surface area contributed by atoms with Gasteiger partial charge >= 0.3 is 0 Å². The lowest BCUT2D eigenvalue weighted by Crippen LogP contribution is -2.33. The highest BCUT2D eigenvalue weighted by molar-refractivity contribution is 7.98. The van der Waals surface area contributed by atoms with Crippen LogP contribution in [0.25, 0.3) is 10.2 Å². The Morgan fingerprint density at radius 2 is 2.03 bits per heavy atom. The third-order valence-corrected chi connectivity index (χ3v) is 6.72. The lowest BCUT2D eigenvalue weighted by Gasteiger charge is -2.20. The van der Waals surface area contributed by atoms with Crippen LogP contribution in [0.5, 0.6) is 0 Å². The highest BCUT2D eigenvalue weighted by Gasteiger charge is 2.20. The molecule has 0 fully saturated rings. The number of amides is 1. The molecule has 0 atom stereocenters. The monoisotopic (exact) mass is 436 g/mol. The molecule has 0 spiro atoms. The predicted octanol–water partition coefficient (Wildman–Crippen LogP) is 5.19. The molecule has 4 aromatic rings. The van der Waals surface area contributed by atoms with Crippen LogP contribution in [0, 0.1) is 6.92 Å². The van der Waals surface area contributed by atoms with Gasteiger partial charge in [-0.05, 0) is 55.0 Å². The molecule has 154 valence electrons. The number of hydrogen-bond acceptors (Lipinski definition) is 5. The summed E-state index contributed by atoms with van der Waals surface area (Å²) in [6, 6.07) is 14.4. The second kappa shape index (κ2) is 9.45. The summed E-state index contributed by atoms with van der Waals surface area (Å²) in [5.74, 6) is 0.0771. The van der Waals surface area contributed by atoms with E-state index in [1.165, 1.54) is 10.5 Å². The first-order valence-corrected chi connectivity index (χ1v) is 11.9. The van der Waals surface area contributed by atoms with Crippen molar-refractivity contribution in [3.05, 3.63) is 72.3 Å². The molecule has 30 heavy (non-hydrogen) atoms. The number of benzene rings is 2. The minimum atomic E-state index is 0.0771. The standard InChI is InChI=1S/C23H24N4OS2/c1-17-4-9-20-21(14-17)30-23(25-20)27(12-3-11-26-13-10-24-16-26)22(28)15-18-5-7-19(29-2)8-6-18/h4-10,13-14,16H,3,11-12,15H2,1-2H3. The first-order chi connectivity index (χ1) is 14.6. The Balaban J connectivity index is 1.55. The molecule has 5 nitrogen and oxygen atoms in total. The van der Waals surface area contributed by atoms with Crippen LogP contribution in [0.3, 0.4) is 0 Å². The van der Waals surface area contributed by atoms with E-state index in [0.29, 0.717) is 13.0 Å². The second-order valence-corrected chi connectivity index (χ2v) is 9.08. The van der Waals surface area contributed by atoms with Gasteiger partial charge in [0.25, 0.3) is 0 Å².